The smallest absolute Gasteiger partial charge is 0.225 e. The Morgan fingerprint density at radius 3 is 2.48 bits per heavy atom. The number of hydrogen-bond donors (Lipinski definition) is 4. The van der Waals surface area contributed by atoms with Gasteiger partial charge >= 0.3 is 0 Å². The molecule has 2 aromatic heterocycles. The Morgan fingerprint density at radius 2 is 1.84 bits per heavy atom. The van der Waals surface area contributed by atoms with Crippen LogP contribution in [-0.2, 0) is 6.42 Å². The van der Waals surface area contributed by atoms with Gasteiger partial charge in [-0.3, -0.25) is 0 Å². The minimum absolute atomic E-state index is 0.00612. The van der Waals surface area contributed by atoms with E-state index in [-0.39, 0.29) is 12.1 Å². The van der Waals surface area contributed by atoms with Crippen molar-refractivity contribution in [2.24, 2.45) is 0 Å². The Balaban J connectivity index is 2.01. The highest BCUT2D eigenvalue weighted by Crippen LogP contribution is 2.26. The van der Waals surface area contributed by atoms with E-state index in [1.54, 1.807) is 0 Å². The molecular weight excluding hydrogens is 318 g/mol. The Hall–Kier alpha value is -2.22. The molecule has 1 fully saturated rings. The fourth-order valence-corrected chi connectivity index (χ4v) is 3.15. The quantitative estimate of drug-likeness (QED) is 0.605. The van der Waals surface area contributed by atoms with E-state index in [1.807, 2.05) is 7.05 Å². The van der Waals surface area contributed by atoms with Crippen LogP contribution < -0.4 is 16.0 Å². The molecule has 136 valence electrons. The number of rotatable bonds is 7. The van der Waals surface area contributed by atoms with Crippen LogP contribution in [0.2, 0.25) is 0 Å². The van der Waals surface area contributed by atoms with Gasteiger partial charge in [0.2, 0.25) is 11.9 Å². The topological polar surface area (TPSA) is 108 Å². The van der Waals surface area contributed by atoms with Crippen molar-refractivity contribution in [3.8, 4) is 0 Å². The highest BCUT2D eigenvalue weighted by atomic mass is 16.3. The van der Waals surface area contributed by atoms with Crippen molar-refractivity contribution in [1.82, 2.24) is 19.9 Å². The molecule has 0 bridgehead atoms. The van der Waals surface area contributed by atoms with Gasteiger partial charge in [-0.15, -0.1) is 0 Å². The zero-order valence-corrected chi connectivity index (χ0v) is 15.1. The summed E-state index contributed by atoms with van der Waals surface area (Å²) in [5, 5.41) is 19.7. The van der Waals surface area contributed by atoms with Gasteiger partial charge in [0.1, 0.15) is 11.0 Å². The summed E-state index contributed by atoms with van der Waals surface area (Å²) in [5.41, 5.74) is 2.34. The number of anilines is 3. The lowest BCUT2D eigenvalue weighted by atomic mass is 10.2. The molecule has 0 aromatic carbocycles. The average molecular weight is 345 g/mol. The molecule has 25 heavy (non-hydrogen) atoms. The lowest BCUT2D eigenvalue weighted by Gasteiger charge is -2.18. The summed E-state index contributed by atoms with van der Waals surface area (Å²) in [6.07, 6.45) is 4.17. The van der Waals surface area contributed by atoms with Crippen LogP contribution >= 0.6 is 0 Å². The number of nitrogens with one attached hydrogen (secondary N) is 3. The standard InChI is InChI=1S/C17H27N7O/c1-4-9-19-16-22-13-10(5-2)20-17(21-11-7-6-8-12(11)25)23-14(13)15(18-3)24-16/h11-12,25H,4-9H2,1-3H3,(H,20,21,23)(H2,18,19,22,24)/t11-,12-/m0/s1. The van der Waals surface area contributed by atoms with Crippen molar-refractivity contribution in [3.63, 3.8) is 0 Å². The third kappa shape index (κ3) is 3.73. The molecule has 8 heteroatoms. The van der Waals surface area contributed by atoms with Gasteiger partial charge in [0, 0.05) is 13.6 Å². The van der Waals surface area contributed by atoms with E-state index in [1.165, 1.54) is 0 Å². The second-order valence-electron chi connectivity index (χ2n) is 6.37. The molecule has 2 heterocycles. The third-order valence-corrected chi connectivity index (χ3v) is 4.51. The van der Waals surface area contributed by atoms with Gasteiger partial charge in [-0.25, -0.2) is 15.0 Å². The van der Waals surface area contributed by atoms with E-state index in [9.17, 15) is 5.11 Å². The van der Waals surface area contributed by atoms with Gasteiger partial charge in [0.15, 0.2) is 5.82 Å². The molecule has 8 nitrogen and oxygen atoms in total. The molecule has 0 saturated heterocycles. The Kier molecular flexibility index (Phi) is 5.47. The Bertz CT molecular complexity index is 736. The van der Waals surface area contributed by atoms with E-state index in [0.717, 1.165) is 49.9 Å². The van der Waals surface area contributed by atoms with Gasteiger partial charge in [-0.05, 0) is 32.1 Å². The number of aliphatic hydroxyl groups is 1. The maximum Gasteiger partial charge on any atom is 0.225 e. The van der Waals surface area contributed by atoms with Crippen LogP contribution in [-0.4, -0.2) is 50.8 Å². The van der Waals surface area contributed by atoms with Crippen LogP contribution in [0.3, 0.4) is 0 Å². The number of aryl methyl sites for hydroxylation is 1. The van der Waals surface area contributed by atoms with Crippen molar-refractivity contribution >= 4 is 28.7 Å². The summed E-state index contributed by atoms with van der Waals surface area (Å²) in [6.45, 7) is 4.97. The molecule has 1 saturated carbocycles. The lowest BCUT2D eigenvalue weighted by Crippen LogP contribution is -2.29. The average Bonchev–Trinajstić information content (AvgIpc) is 3.03. The summed E-state index contributed by atoms with van der Waals surface area (Å²) in [6, 6.07) is 0.00612. The number of nitrogens with zero attached hydrogens (tertiary/aromatic N) is 4. The van der Waals surface area contributed by atoms with Crippen molar-refractivity contribution in [2.45, 2.75) is 58.1 Å². The van der Waals surface area contributed by atoms with E-state index >= 15 is 0 Å². The Morgan fingerprint density at radius 1 is 1.04 bits per heavy atom. The molecular formula is C17H27N7O. The molecule has 0 amide bonds. The maximum atomic E-state index is 10.0. The highest BCUT2D eigenvalue weighted by molar-refractivity contribution is 5.88. The number of hydrogen-bond acceptors (Lipinski definition) is 8. The fourth-order valence-electron chi connectivity index (χ4n) is 3.15. The molecule has 0 radical (unpaired) electrons. The third-order valence-electron chi connectivity index (χ3n) is 4.51. The molecule has 0 aliphatic heterocycles. The van der Waals surface area contributed by atoms with Gasteiger partial charge in [-0.2, -0.15) is 4.98 Å². The maximum absolute atomic E-state index is 10.0. The van der Waals surface area contributed by atoms with Crippen molar-refractivity contribution in [3.05, 3.63) is 5.69 Å². The summed E-state index contributed by atoms with van der Waals surface area (Å²) in [5.74, 6) is 1.80. The second kappa shape index (κ2) is 7.77. The molecule has 2 atom stereocenters. The largest absolute Gasteiger partial charge is 0.391 e. The summed E-state index contributed by atoms with van der Waals surface area (Å²) in [4.78, 5) is 18.4. The molecule has 0 spiro atoms. The first kappa shape index (κ1) is 17.6. The van der Waals surface area contributed by atoms with Gasteiger partial charge in [0.05, 0.1) is 17.8 Å². The second-order valence-corrected chi connectivity index (χ2v) is 6.37. The monoisotopic (exact) mass is 345 g/mol. The van der Waals surface area contributed by atoms with E-state index in [4.69, 9.17) is 0 Å². The van der Waals surface area contributed by atoms with Crippen LogP contribution in [0.4, 0.5) is 17.7 Å². The van der Waals surface area contributed by atoms with Crippen LogP contribution in [0, 0.1) is 0 Å². The van der Waals surface area contributed by atoms with Crippen molar-refractivity contribution in [1.29, 1.82) is 0 Å². The molecule has 1 aliphatic rings. The lowest BCUT2D eigenvalue weighted by molar-refractivity contribution is 0.171. The van der Waals surface area contributed by atoms with E-state index in [2.05, 4.69) is 49.7 Å². The highest BCUT2D eigenvalue weighted by Gasteiger charge is 2.26. The van der Waals surface area contributed by atoms with E-state index in [0.29, 0.717) is 23.2 Å². The number of fused-ring (bicyclic) bond motifs is 1. The van der Waals surface area contributed by atoms with E-state index < -0.39 is 0 Å². The first-order chi connectivity index (χ1) is 12.2. The first-order valence-corrected chi connectivity index (χ1v) is 9.11. The van der Waals surface area contributed by atoms with Gasteiger partial charge in [-0.1, -0.05) is 13.8 Å². The van der Waals surface area contributed by atoms with Crippen LogP contribution in [0.5, 0.6) is 0 Å². The predicted octanol–water partition coefficient (Wildman–Crippen LogP) is 2.17. The summed E-state index contributed by atoms with van der Waals surface area (Å²) < 4.78 is 0. The van der Waals surface area contributed by atoms with Gasteiger partial charge in [0.25, 0.3) is 0 Å². The predicted molar refractivity (Wildman–Crippen MR) is 100 cm³/mol. The van der Waals surface area contributed by atoms with Crippen molar-refractivity contribution < 1.29 is 5.11 Å². The molecule has 2 aromatic rings. The van der Waals surface area contributed by atoms with Crippen molar-refractivity contribution in [2.75, 3.05) is 29.5 Å². The number of aromatic nitrogens is 4. The SMILES string of the molecule is CCCNc1nc(NC)c2nc(N[C@H]3CCC[C@@H]3O)nc(CC)c2n1. The van der Waals surface area contributed by atoms with Gasteiger partial charge < -0.3 is 21.1 Å². The Labute approximate surface area is 147 Å². The van der Waals surface area contributed by atoms with Crippen LogP contribution in [0.25, 0.3) is 11.0 Å². The zero-order valence-electron chi connectivity index (χ0n) is 15.1. The van der Waals surface area contributed by atoms with Crippen LogP contribution in [0.15, 0.2) is 0 Å². The molecule has 0 unspecified atom stereocenters. The zero-order chi connectivity index (χ0) is 17.8. The fraction of sp³-hybridized carbons (Fsp3) is 0.647. The summed E-state index contributed by atoms with van der Waals surface area (Å²) in [7, 11) is 1.83. The first-order valence-electron chi connectivity index (χ1n) is 9.11. The molecule has 1 aliphatic carbocycles. The molecule has 3 rings (SSSR count). The minimum Gasteiger partial charge on any atom is -0.391 e. The normalized spacial score (nSPS) is 20.0. The minimum atomic E-state index is -0.343. The number of aliphatic hydroxyl groups excluding tert-OH is 1. The summed E-state index contributed by atoms with van der Waals surface area (Å²) >= 11 is 0. The molecule has 4 N–H and O–H groups in total. The van der Waals surface area contributed by atoms with Crippen LogP contribution in [0.1, 0.15) is 45.2 Å².